The number of pyridine rings is 1. The Bertz CT molecular complexity index is 822. The molecular weight excluding hydrogens is 470 g/mol. The van der Waals surface area contributed by atoms with Crippen molar-refractivity contribution in [2.45, 2.75) is 25.1 Å². The monoisotopic (exact) mass is 481 g/mol. The molecule has 0 aliphatic carbocycles. The second-order valence-corrected chi connectivity index (χ2v) is 6.44. The van der Waals surface area contributed by atoms with Crippen molar-refractivity contribution in [2.24, 2.45) is 0 Å². The number of halogens is 9. The van der Waals surface area contributed by atoms with E-state index in [1.165, 1.54) is 0 Å². The van der Waals surface area contributed by atoms with Crippen LogP contribution < -0.4 is 14.2 Å². The lowest BCUT2D eigenvalue weighted by Crippen LogP contribution is -2.29. The molecule has 166 valence electrons. The molecule has 4 nitrogen and oxygen atoms in total. The maximum absolute atomic E-state index is 12.9. The molecule has 0 fully saturated rings. The normalized spacial score (nSPS) is 13.1. The Morgan fingerprint density at radius 2 is 1.53 bits per heavy atom. The molecule has 0 bridgehead atoms. The van der Waals surface area contributed by atoms with Gasteiger partial charge in [-0.3, -0.25) is 0 Å². The molecule has 0 radical (unpaired) electrons. The number of hydrogen-bond donors (Lipinski definition) is 0. The molecule has 0 saturated carbocycles. The van der Waals surface area contributed by atoms with E-state index in [0.29, 0.717) is 6.20 Å². The van der Waals surface area contributed by atoms with Crippen LogP contribution in [0.3, 0.4) is 0 Å². The van der Waals surface area contributed by atoms with Crippen LogP contribution in [0, 0.1) is 0 Å². The Kier molecular flexibility index (Phi) is 7.87. The zero-order valence-corrected chi connectivity index (χ0v) is 16.2. The summed E-state index contributed by atoms with van der Waals surface area (Å²) < 4.78 is 101. The molecule has 1 aromatic carbocycles. The number of rotatable bonds is 8. The van der Waals surface area contributed by atoms with Gasteiger partial charge in [-0.05, 0) is 6.07 Å². The molecule has 0 amide bonds. The molecule has 2 rings (SSSR count). The Labute approximate surface area is 175 Å². The van der Waals surface area contributed by atoms with E-state index in [1.54, 1.807) is 0 Å². The van der Waals surface area contributed by atoms with Crippen LogP contribution >= 0.6 is 23.2 Å². The molecule has 0 aliphatic rings. The van der Waals surface area contributed by atoms with Crippen molar-refractivity contribution < 1.29 is 44.9 Å². The smallest absolute Gasteiger partial charge is 0.457 e. The first kappa shape index (κ1) is 24.1. The summed E-state index contributed by atoms with van der Waals surface area (Å²) in [4.78, 5) is 3.53. The Morgan fingerprint density at radius 3 is 2.03 bits per heavy atom. The van der Waals surface area contributed by atoms with Crippen molar-refractivity contribution >= 4 is 23.2 Å². The van der Waals surface area contributed by atoms with E-state index in [2.05, 4.69) is 9.72 Å². The summed E-state index contributed by atoms with van der Waals surface area (Å²) in [6, 6.07) is 3.70. The van der Waals surface area contributed by atoms with Gasteiger partial charge in [-0.15, -0.1) is 0 Å². The van der Waals surface area contributed by atoms with Gasteiger partial charge in [0.25, 0.3) is 0 Å². The fourth-order valence-electron chi connectivity index (χ4n) is 1.97. The standard InChI is InChI=1S/C17H12Cl2F7NO3/c18-11-6-10(30-15(20)17(24,25)26)7-12(19)14(11)29-5-1-4-28-13-3-2-9(8-27-13)16(21,22)23/h2-3,6-8,15H,1,4-5H2. The molecule has 0 N–H and O–H groups in total. The molecule has 13 heteroatoms. The minimum atomic E-state index is -5.21. The predicted octanol–water partition coefficient (Wildman–Crippen LogP) is 6.49. The highest BCUT2D eigenvalue weighted by atomic mass is 35.5. The van der Waals surface area contributed by atoms with Crippen LogP contribution in [0.5, 0.6) is 17.4 Å². The van der Waals surface area contributed by atoms with Gasteiger partial charge < -0.3 is 14.2 Å². The first-order chi connectivity index (χ1) is 13.9. The molecule has 2 aromatic rings. The lowest BCUT2D eigenvalue weighted by Gasteiger charge is -2.16. The molecule has 0 saturated heterocycles. The molecule has 0 aliphatic heterocycles. The third-order valence-electron chi connectivity index (χ3n) is 3.32. The van der Waals surface area contributed by atoms with Crippen LogP contribution in [-0.4, -0.2) is 30.7 Å². The molecule has 0 spiro atoms. The number of ether oxygens (including phenoxy) is 3. The van der Waals surface area contributed by atoms with Gasteiger partial charge in [-0.2, -0.15) is 30.7 Å². The highest BCUT2D eigenvalue weighted by Crippen LogP contribution is 2.38. The van der Waals surface area contributed by atoms with Gasteiger partial charge in [-0.1, -0.05) is 23.2 Å². The van der Waals surface area contributed by atoms with Gasteiger partial charge >= 0.3 is 18.7 Å². The molecular formula is C17H12Cl2F7NO3. The summed E-state index contributed by atoms with van der Waals surface area (Å²) in [5.74, 6) is -0.634. The summed E-state index contributed by atoms with van der Waals surface area (Å²) in [6.45, 7) is 0.0263. The van der Waals surface area contributed by atoms with Crippen molar-refractivity contribution in [3.05, 3.63) is 46.1 Å². The van der Waals surface area contributed by atoms with Gasteiger partial charge in [-0.25, -0.2) is 4.98 Å². The van der Waals surface area contributed by atoms with Crippen LogP contribution in [0.1, 0.15) is 12.0 Å². The van der Waals surface area contributed by atoms with Crippen LogP contribution in [0.2, 0.25) is 10.0 Å². The minimum Gasteiger partial charge on any atom is -0.490 e. The van der Waals surface area contributed by atoms with Crippen molar-refractivity contribution in [3.8, 4) is 17.4 Å². The quantitative estimate of drug-likeness (QED) is 0.319. The summed E-state index contributed by atoms with van der Waals surface area (Å²) in [6.07, 6.45) is -12.4. The van der Waals surface area contributed by atoms with Gasteiger partial charge in [0.1, 0.15) is 5.75 Å². The van der Waals surface area contributed by atoms with E-state index < -0.39 is 30.0 Å². The highest BCUT2D eigenvalue weighted by Gasteiger charge is 2.42. The second-order valence-electron chi connectivity index (χ2n) is 5.62. The number of alkyl halides is 7. The Morgan fingerprint density at radius 1 is 0.933 bits per heavy atom. The summed E-state index contributed by atoms with van der Waals surface area (Å²) in [7, 11) is 0. The van der Waals surface area contributed by atoms with E-state index >= 15 is 0 Å². The number of aromatic nitrogens is 1. The summed E-state index contributed by atoms with van der Waals surface area (Å²) in [5, 5.41) is -0.422. The molecule has 30 heavy (non-hydrogen) atoms. The van der Waals surface area contributed by atoms with Crippen LogP contribution in [0.4, 0.5) is 30.7 Å². The van der Waals surface area contributed by atoms with E-state index in [0.717, 1.165) is 24.3 Å². The third-order valence-corrected chi connectivity index (χ3v) is 3.88. The van der Waals surface area contributed by atoms with E-state index in [-0.39, 0.29) is 41.3 Å². The van der Waals surface area contributed by atoms with Crippen molar-refractivity contribution in [3.63, 3.8) is 0 Å². The van der Waals surface area contributed by atoms with E-state index in [9.17, 15) is 30.7 Å². The number of nitrogens with zero attached hydrogens (tertiary/aromatic N) is 1. The predicted molar refractivity (Wildman–Crippen MR) is 92.9 cm³/mol. The largest absolute Gasteiger partial charge is 0.490 e. The highest BCUT2D eigenvalue weighted by molar-refractivity contribution is 6.37. The molecule has 1 heterocycles. The maximum Gasteiger partial charge on any atom is 0.457 e. The molecule has 1 aromatic heterocycles. The maximum atomic E-state index is 12.9. The topological polar surface area (TPSA) is 40.6 Å². The van der Waals surface area contributed by atoms with Crippen LogP contribution in [0.15, 0.2) is 30.5 Å². The molecule has 1 atom stereocenters. The zero-order valence-electron chi connectivity index (χ0n) is 14.7. The average molecular weight is 482 g/mol. The molecule has 1 unspecified atom stereocenters. The Balaban J connectivity index is 1.83. The first-order valence-electron chi connectivity index (χ1n) is 8.03. The second kappa shape index (κ2) is 9.78. The van der Waals surface area contributed by atoms with Crippen molar-refractivity contribution in [1.82, 2.24) is 4.98 Å². The minimum absolute atomic E-state index is 0.00539. The van der Waals surface area contributed by atoms with Gasteiger partial charge in [0.05, 0.1) is 28.8 Å². The lowest BCUT2D eigenvalue weighted by atomic mass is 10.3. The third kappa shape index (κ3) is 6.98. The van der Waals surface area contributed by atoms with Gasteiger partial charge in [0, 0.05) is 30.8 Å². The van der Waals surface area contributed by atoms with Crippen LogP contribution in [-0.2, 0) is 6.18 Å². The van der Waals surface area contributed by atoms with Crippen molar-refractivity contribution in [1.29, 1.82) is 0 Å². The van der Waals surface area contributed by atoms with Crippen LogP contribution in [0.25, 0.3) is 0 Å². The lowest BCUT2D eigenvalue weighted by molar-refractivity contribution is -0.236. The Hall–Kier alpha value is -2.14. The zero-order chi connectivity index (χ0) is 22.5. The SMILES string of the molecule is FC(Oc1cc(Cl)c(OCCCOc2ccc(C(F)(F)F)cn2)c(Cl)c1)C(F)(F)F. The summed E-state index contributed by atoms with van der Waals surface area (Å²) in [5.41, 5.74) is -0.913. The number of hydrogen-bond acceptors (Lipinski definition) is 4. The fraction of sp³-hybridized carbons (Fsp3) is 0.353. The fourth-order valence-corrected chi connectivity index (χ4v) is 2.55. The average Bonchev–Trinajstić information content (AvgIpc) is 2.62. The first-order valence-corrected chi connectivity index (χ1v) is 8.79. The van der Waals surface area contributed by atoms with Gasteiger partial charge in [0.15, 0.2) is 5.75 Å². The van der Waals surface area contributed by atoms with E-state index in [1.807, 2.05) is 0 Å². The summed E-state index contributed by atoms with van der Waals surface area (Å²) >= 11 is 11.7. The van der Waals surface area contributed by atoms with Crippen molar-refractivity contribution in [2.75, 3.05) is 13.2 Å². The van der Waals surface area contributed by atoms with Gasteiger partial charge in [0.2, 0.25) is 5.88 Å². The number of benzene rings is 1. The van der Waals surface area contributed by atoms with E-state index in [4.69, 9.17) is 32.7 Å².